The zero-order valence-corrected chi connectivity index (χ0v) is 16.0. The topological polar surface area (TPSA) is 38.1 Å². The van der Waals surface area contributed by atoms with E-state index in [9.17, 15) is 9.18 Å². The molecule has 0 fully saturated rings. The Kier molecular flexibility index (Phi) is 6.64. The van der Waals surface area contributed by atoms with Gasteiger partial charge in [-0.1, -0.05) is 43.3 Å². The summed E-state index contributed by atoms with van der Waals surface area (Å²) < 4.78 is 14.7. The molecule has 3 aromatic rings. The van der Waals surface area contributed by atoms with Gasteiger partial charge in [0.05, 0.1) is 11.1 Å². The Balaban J connectivity index is 0.000000187. The average Bonchev–Trinajstić information content (AvgIpc) is 2.62. The van der Waals surface area contributed by atoms with E-state index in [0.29, 0.717) is 0 Å². The van der Waals surface area contributed by atoms with Gasteiger partial charge >= 0.3 is 0 Å². The van der Waals surface area contributed by atoms with Gasteiger partial charge in [-0.2, -0.15) is 5.10 Å². The molecule has 4 nitrogen and oxygen atoms in total. The smallest absolute Gasteiger partial charge is 0.274 e. The summed E-state index contributed by atoms with van der Waals surface area (Å²) in [7, 11) is 5.61. The first kappa shape index (κ1) is 19.8. The Bertz CT molecular complexity index is 934. The van der Waals surface area contributed by atoms with Gasteiger partial charge in [-0.3, -0.25) is 4.79 Å². The first-order valence-corrected chi connectivity index (χ1v) is 8.70. The first-order chi connectivity index (χ1) is 12.4. The van der Waals surface area contributed by atoms with E-state index in [4.69, 9.17) is 0 Å². The predicted molar refractivity (Wildman–Crippen MR) is 105 cm³/mol. The second kappa shape index (κ2) is 8.72. The van der Waals surface area contributed by atoms with Crippen LogP contribution in [0, 0.1) is 12.7 Å². The molecule has 0 spiro atoms. The highest BCUT2D eigenvalue weighted by Gasteiger charge is 2.14. The third kappa shape index (κ3) is 4.35. The van der Waals surface area contributed by atoms with Crippen molar-refractivity contribution in [1.29, 1.82) is 0 Å². The number of benzene rings is 2. The molecule has 1 unspecified atom stereocenters. The van der Waals surface area contributed by atoms with Crippen molar-refractivity contribution >= 4 is 10.8 Å². The van der Waals surface area contributed by atoms with Crippen LogP contribution in [0.2, 0.25) is 0 Å². The van der Waals surface area contributed by atoms with Crippen molar-refractivity contribution in [2.24, 2.45) is 7.05 Å². The van der Waals surface area contributed by atoms with Crippen LogP contribution < -0.4 is 5.56 Å². The maximum Gasteiger partial charge on any atom is 0.274 e. The lowest BCUT2D eigenvalue weighted by atomic mass is 10.0. The number of fused-ring (bicyclic) bond motifs is 1. The Morgan fingerprint density at radius 1 is 1.08 bits per heavy atom. The number of halogens is 1. The van der Waals surface area contributed by atoms with Crippen LogP contribution in [0.15, 0.2) is 53.3 Å². The molecule has 0 aliphatic carbocycles. The fourth-order valence-corrected chi connectivity index (χ4v) is 3.09. The SMILES string of the molecule is CCC(c1ccccc1F)N(C)C.Cc1nn(C)c(=O)c2ccccc12. The van der Waals surface area contributed by atoms with E-state index in [1.807, 2.05) is 62.3 Å². The highest BCUT2D eigenvalue weighted by molar-refractivity contribution is 5.83. The molecular weight excluding hydrogens is 329 g/mol. The third-order valence-electron chi connectivity index (χ3n) is 4.42. The summed E-state index contributed by atoms with van der Waals surface area (Å²) in [5, 5.41) is 5.78. The molecule has 0 saturated heterocycles. The lowest BCUT2D eigenvalue weighted by Crippen LogP contribution is -2.20. The van der Waals surface area contributed by atoms with Crippen LogP contribution in [0.3, 0.4) is 0 Å². The van der Waals surface area contributed by atoms with Gasteiger partial charge in [0.1, 0.15) is 5.82 Å². The number of aryl methyl sites for hydroxylation is 2. The number of rotatable bonds is 3. The zero-order valence-electron chi connectivity index (χ0n) is 16.0. The van der Waals surface area contributed by atoms with Gasteiger partial charge in [-0.15, -0.1) is 0 Å². The summed E-state index contributed by atoms with van der Waals surface area (Å²) in [6.45, 7) is 3.97. The van der Waals surface area contributed by atoms with Crippen molar-refractivity contribution in [2.45, 2.75) is 26.3 Å². The maximum atomic E-state index is 13.4. The normalized spacial score (nSPS) is 12.0. The van der Waals surface area contributed by atoms with Crippen LogP contribution in [-0.2, 0) is 7.05 Å². The maximum absolute atomic E-state index is 13.4. The number of hydrogen-bond donors (Lipinski definition) is 0. The second-order valence-corrected chi connectivity index (χ2v) is 6.47. The molecule has 0 radical (unpaired) electrons. The first-order valence-electron chi connectivity index (χ1n) is 8.70. The molecule has 0 bridgehead atoms. The summed E-state index contributed by atoms with van der Waals surface area (Å²) in [4.78, 5) is 13.6. The third-order valence-corrected chi connectivity index (χ3v) is 4.42. The standard InChI is InChI=1S/C11H16FN.C10H10N2O/c1-4-11(13(2)3)9-7-5-6-8-10(9)12;1-7-8-5-3-4-6-9(8)10(13)12(2)11-7/h5-8,11H,4H2,1-3H3;3-6H,1-2H3. The molecular formula is C21H26FN3O. The lowest BCUT2D eigenvalue weighted by molar-refractivity contribution is 0.284. The van der Waals surface area contributed by atoms with Gasteiger partial charge in [0.2, 0.25) is 0 Å². The fourth-order valence-electron chi connectivity index (χ4n) is 3.09. The summed E-state index contributed by atoms with van der Waals surface area (Å²) in [6, 6.07) is 14.7. The van der Waals surface area contributed by atoms with Gasteiger partial charge in [0, 0.05) is 24.0 Å². The fraction of sp³-hybridized carbons (Fsp3) is 0.333. The molecule has 1 atom stereocenters. The highest BCUT2D eigenvalue weighted by atomic mass is 19.1. The van der Waals surface area contributed by atoms with E-state index >= 15 is 0 Å². The lowest BCUT2D eigenvalue weighted by Gasteiger charge is -2.23. The van der Waals surface area contributed by atoms with Gasteiger partial charge in [-0.25, -0.2) is 9.07 Å². The van der Waals surface area contributed by atoms with Gasteiger partial charge < -0.3 is 4.90 Å². The van der Waals surface area contributed by atoms with E-state index in [1.54, 1.807) is 13.1 Å². The summed E-state index contributed by atoms with van der Waals surface area (Å²) >= 11 is 0. The van der Waals surface area contributed by atoms with E-state index in [0.717, 1.165) is 28.5 Å². The van der Waals surface area contributed by atoms with Crippen molar-refractivity contribution in [1.82, 2.24) is 14.7 Å². The van der Waals surface area contributed by atoms with Crippen LogP contribution in [0.1, 0.15) is 30.6 Å². The largest absolute Gasteiger partial charge is 0.302 e. The van der Waals surface area contributed by atoms with Crippen molar-refractivity contribution in [3.8, 4) is 0 Å². The molecule has 5 heteroatoms. The molecule has 0 saturated carbocycles. The molecule has 1 heterocycles. The summed E-state index contributed by atoms with van der Waals surface area (Å²) in [5.41, 5.74) is 1.63. The summed E-state index contributed by atoms with van der Waals surface area (Å²) in [6.07, 6.45) is 0.925. The second-order valence-electron chi connectivity index (χ2n) is 6.47. The van der Waals surface area contributed by atoms with Crippen molar-refractivity contribution in [2.75, 3.05) is 14.1 Å². The van der Waals surface area contributed by atoms with Crippen LogP contribution in [0.4, 0.5) is 4.39 Å². The van der Waals surface area contributed by atoms with Gasteiger partial charge in [-0.05, 0) is 39.6 Å². The highest BCUT2D eigenvalue weighted by Crippen LogP contribution is 2.23. The molecule has 0 aliphatic rings. The van der Waals surface area contributed by atoms with E-state index in [-0.39, 0.29) is 17.4 Å². The van der Waals surface area contributed by atoms with Gasteiger partial charge in [0.25, 0.3) is 5.56 Å². The van der Waals surface area contributed by atoms with Crippen LogP contribution in [-0.4, -0.2) is 28.8 Å². The minimum atomic E-state index is -0.108. The summed E-state index contributed by atoms with van der Waals surface area (Å²) in [5.74, 6) is -0.108. The molecule has 2 aromatic carbocycles. The monoisotopic (exact) mass is 355 g/mol. The van der Waals surface area contributed by atoms with Crippen molar-refractivity contribution < 1.29 is 4.39 Å². The van der Waals surface area contributed by atoms with E-state index < -0.39 is 0 Å². The van der Waals surface area contributed by atoms with Gasteiger partial charge in [0.15, 0.2) is 0 Å². The molecule has 26 heavy (non-hydrogen) atoms. The molecule has 0 N–H and O–H groups in total. The molecule has 138 valence electrons. The Labute approximate surface area is 153 Å². The predicted octanol–water partition coefficient (Wildman–Crippen LogP) is 4.08. The van der Waals surface area contributed by atoms with Crippen molar-refractivity contribution in [3.05, 3.63) is 76.0 Å². The molecule has 1 aromatic heterocycles. The Hall–Kier alpha value is -2.53. The zero-order chi connectivity index (χ0) is 19.3. The quantitative estimate of drug-likeness (QED) is 0.710. The van der Waals surface area contributed by atoms with Crippen LogP contribution in [0.25, 0.3) is 10.8 Å². The van der Waals surface area contributed by atoms with E-state index in [2.05, 4.69) is 12.0 Å². The van der Waals surface area contributed by atoms with Crippen LogP contribution >= 0.6 is 0 Å². The minimum Gasteiger partial charge on any atom is -0.302 e. The minimum absolute atomic E-state index is 0.0406. The average molecular weight is 355 g/mol. The number of hydrogen-bond acceptors (Lipinski definition) is 3. The Morgan fingerprint density at radius 2 is 1.65 bits per heavy atom. The number of nitrogens with zero attached hydrogens (tertiary/aromatic N) is 3. The molecule has 3 rings (SSSR count). The molecule has 0 aliphatic heterocycles. The van der Waals surface area contributed by atoms with E-state index in [1.165, 1.54) is 10.7 Å². The van der Waals surface area contributed by atoms with Crippen molar-refractivity contribution in [3.63, 3.8) is 0 Å². The van der Waals surface area contributed by atoms with Crippen LogP contribution in [0.5, 0.6) is 0 Å². The molecule has 0 amide bonds. The Morgan fingerprint density at radius 3 is 2.23 bits per heavy atom. The number of aromatic nitrogens is 2.